The smallest absolute Gasteiger partial charge is 0.275 e. The van der Waals surface area contributed by atoms with Crippen LogP contribution in [-0.2, 0) is 4.74 Å². The normalized spacial score (nSPS) is 14.8. The van der Waals surface area contributed by atoms with Gasteiger partial charge in [-0.25, -0.2) is 5.43 Å². The number of hydrogen-bond donors (Lipinski definition) is 2. The van der Waals surface area contributed by atoms with Crippen LogP contribution in [0, 0.1) is 0 Å². The van der Waals surface area contributed by atoms with Gasteiger partial charge in [0.2, 0.25) is 0 Å². The van der Waals surface area contributed by atoms with Gasteiger partial charge in [0.05, 0.1) is 24.5 Å². The number of nitrogens with zero attached hydrogens (tertiary/aromatic N) is 2. The molecule has 29 heavy (non-hydrogen) atoms. The van der Waals surface area contributed by atoms with Gasteiger partial charge in [-0.1, -0.05) is 36.4 Å². The first kappa shape index (κ1) is 19.0. The minimum atomic E-state index is -0.447. The molecule has 0 aromatic heterocycles. The zero-order valence-electron chi connectivity index (χ0n) is 16.3. The standard InChI is InChI=1S/C23H23N3O3/c1-16(17-6-8-20(9-7-17)26-10-12-29-13-11-26)24-25-23(28)21-14-18-4-2-3-5-19(18)15-22(21)27/h2-9,14-15,27H,10-13H2,1H3,(H,25,28)/b24-16-. The molecular weight excluding hydrogens is 366 g/mol. The van der Waals surface area contributed by atoms with Crippen molar-refractivity contribution in [1.29, 1.82) is 0 Å². The van der Waals surface area contributed by atoms with Crippen LogP contribution in [0.4, 0.5) is 5.69 Å². The minimum absolute atomic E-state index is 0.0658. The van der Waals surface area contributed by atoms with Gasteiger partial charge in [-0.05, 0) is 47.5 Å². The number of hydrazone groups is 1. The van der Waals surface area contributed by atoms with E-state index in [-0.39, 0.29) is 11.3 Å². The monoisotopic (exact) mass is 389 g/mol. The van der Waals surface area contributed by atoms with Gasteiger partial charge < -0.3 is 14.7 Å². The number of rotatable bonds is 4. The van der Waals surface area contributed by atoms with Gasteiger partial charge in [-0.2, -0.15) is 5.10 Å². The molecule has 0 bridgehead atoms. The summed E-state index contributed by atoms with van der Waals surface area (Å²) in [6.07, 6.45) is 0. The number of benzene rings is 3. The Balaban J connectivity index is 1.47. The third kappa shape index (κ3) is 4.22. The molecule has 2 N–H and O–H groups in total. The van der Waals surface area contributed by atoms with Gasteiger partial charge in [0.25, 0.3) is 5.91 Å². The minimum Gasteiger partial charge on any atom is -0.507 e. The van der Waals surface area contributed by atoms with Crippen molar-refractivity contribution in [2.75, 3.05) is 31.2 Å². The lowest BCUT2D eigenvalue weighted by Gasteiger charge is -2.28. The molecule has 0 saturated carbocycles. The van der Waals surface area contributed by atoms with E-state index in [9.17, 15) is 9.90 Å². The van der Waals surface area contributed by atoms with Gasteiger partial charge in [0.1, 0.15) is 5.75 Å². The molecule has 0 radical (unpaired) electrons. The third-order valence-corrected chi connectivity index (χ3v) is 5.10. The van der Waals surface area contributed by atoms with Crippen LogP contribution < -0.4 is 10.3 Å². The highest BCUT2D eigenvalue weighted by Gasteiger charge is 2.13. The van der Waals surface area contributed by atoms with Crippen molar-refractivity contribution in [3.05, 3.63) is 71.8 Å². The van der Waals surface area contributed by atoms with Gasteiger partial charge in [0.15, 0.2) is 0 Å². The van der Waals surface area contributed by atoms with E-state index in [4.69, 9.17) is 4.74 Å². The van der Waals surface area contributed by atoms with Crippen molar-refractivity contribution in [3.8, 4) is 5.75 Å². The summed E-state index contributed by atoms with van der Waals surface area (Å²) in [5.41, 5.74) is 5.50. The molecule has 1 saturated heterocycles. The molecule has 3 aromatic rings. The summed E-state index contributed by atoms with van der Waals surface area (Å²) in [5.74, 6) is -0.513. The fourth-order valence-corrected chi connectivity index (χ4v) is 3.40. The molecule has 1 heterocycles. The number of hydrogen-bond acceptors (Lipinski definition) is 5. The number of carbonyl (C=O) groups excluding carboxylic acids is 1. The van der Waals surface area contributed by atoms with Crippen molar-refractivity contribution in [1.82, 2.24) is 5.43 Å². The molecule has 1 amide bonds. The van der Waals surface area contributed by atoms with E-state index >= 15 is 0 Å². The summed E-state index contributed by atoms with van der Waals surface area (Å²) < 4.78 is 5.39. The molecule has 148 valence electrons. The van der Waals surface area contributed by atoms with Crippen molar-refractivity contribution in [3.63, 3.8) is 0 Å². The first-order chi connectivity index (χ1) is 14.1. The molecule has 0 aliphatic carbocycles. The number of phenolic OH excluding ortho intramolecular Hbond substituents is 1. The maximum absolute atomic E-state index is 12.5. The largest absolute Gasteiger partial charge is 0.507 e. The third-order valence-electron chi connectivity index (χ3n) is 5.10. The van der Waals surface area contributed by atoms with E-state index in [0.29, 0.717) is 5.71 Å². The van der Waals surface area contributed by atoms with E-state index < -0.39 is 5.91 Å². The van der Waals surface area contributed by atoms with Crippen molar-refractivity contribution >= 4 is 28.1 Å². The van der Waals surface area contributed by atoms with Crippen LogP contribution in [-0.4, -0.2) is 43.0 Å². The van der Waals surface area contributed by atoms with Crippen LogP contribution in [0.25, 0.3) is 10.8 Å². The average Bonchev–Trinajstić information content (AvgIpc) is 2.77. The van der Waals surface area contributed by atoms with E-state index in [2.05, 4.69) is 27.6 Å². The van der Waals surface area contributed by atoms with Crippen molar-refractivity contribution in [2.45, 2.75) is 6.92 Å². The molecule has 3 aromatic carbocycles. The molecule has 1 aliphatic rings. The highest BCUT2D eigenvalue weighted by molar-refractivity contribution is 6.03. The van der Waals surface area contributed by atoms with E-state index in [1.165, 1.54) is 0 Å². The number of ether oxygens (including phenoxy) is 1. The maximum Gasteiger partial charge on any atom is 0.275 e. The second-order valence-corrected chi connectivity index (χ2v) is 7.00. The Bertz CT molecular complexity index is 1050. The highest BCUT2D eigenvalue weighted by Crippen LogP contribution is 2.25. The second-order valence-electron chi connectivity index (χ2n) is 7.00. The molecule has 0 spiro atoms. The van der Waals surface area contributed by atoms with Crippen LogP contribution in [0.3, 0.4) is 0 Å². The molecule has 6 heteroatoms. The predicted octanol–water partition coefficient (Wildman–Crippen LogP) is 3.54. The average molecular weight is 389 g/mol. The molecule has 0 atom stereocenters. The molecule has 1 aliphatic heterocycles. The highest BCUT2D eigenvalue weighted by atomic mass is 16.5. The SMILES string of the molecule is C/C(=N/NC(=O)c1cc2ccccc2cc1O)c1ccc(N2CCOCC2)cc1. The summed E-state index contributed by atoms with van der Waals surface area (Å²) in [5, 5.41) is 16.2. The Hall–Kier alpha value is -3.38. The summed E-state index contributed by atoms with van der Waals surface area (Å²) in [4.78, 5) is 14.8. The van der Waals surface area contributed by atoms with Crippen LogP contribution in [0.2, 0.25) is 0 Å². The Kier molecular flexibility index (Phi) is 5.44. The lowest BCUT2D eigenvalue weighted by Crippen LogP contribution is -2.36. The fourth-order valence-electron chi connectivity index (χ4n) is 3.40. The summed E-state index contributed by atoms with van der Waals surface area (Å²) in [6.45, 7) is 5.10. The first-order valence-corrected chi connectivity index (χ1v) is 9.61. The fraction of sp³-hybridized carbons (Fsp3) is 0.217. The summed E-state index contributed by atoms with van der Waals surface area (Å²) in [6, 6.07) is 18.9. The van der Waals surface area contributed by atoms with Crippen LogP contribution in [0.1, 0.15) is 22.8 Å². The number of anilines is 1. The lowest BCUT2D eigenvalue weighted by atomic mass is 10.1. The van der Waals surface area contributed by atoms with Crippen LogP contribution in [0.15, 0.2) is 65.8 Å². The van der Waals surface area contributed by atoms with Gasteiger partial charge in [-0.15, -0.1) is 0 Å². The number of carbonyl (C=O) groups is 1. The number of aromatic hydroxyl groups is 1. The Morgan fingerprint density at radius 3 is 2.38 bits per heavy atom. The molecule has 1 fully saturated rings. The summed E-state index contributed by atoms with van der Waals surface area (Å²) >= 11 is 0. The van der Waals surface area contributed by atoms with Gasteiger partial charge in [0, 0.05) is 18.8 Å². The Morgan fingerprint density at radius 2 is 1.69 bits per heavy atom. The van der Waals surface area contributed by atoms with E-state index in [0.717, 1.165) is 48.3 Å². The predicted molar refractivity (Wildman–Crippen MR) is 115 cm³/mol. The molecular formula is C23H23N3O3. The zero-order chi connectivity index (χ0) is 20.2. The molecule has 4 rings (SSSR count). The van der Waals surface area contributed by atoms with Crippen molar-refractivity contribution in [2.24, 2.45) is 5.10 Å². The molecule has 6 nitrogen and oxygen atoms in total. The maximum atomic E-state index is 12.5. The quantitative estimate of drug-likeness (QED) is 0.529. The number of phenols is 1. The molecule has 0 unspecified atom stereocenters. The van der Waals surface area contributed by atoms with Gasteiger partial charge >= 0.3 is 0 Å². The van der Waals surface area contributed by atoms with Gasteiger partial charge in [-0.3, -0.25) is 4.79 Å². The Morgan fingerprint density at radius 1 is 1.03 bits per heavy atom. The first-order valence-electron chi connectivity index (χ1n) is 9.61. The topological polar surface area (TPSA) is 74.2 Å². The number of amides is 1. The van der Waals surface area contributed by atoms with E-state index in [1.807, 2.05) is 43.3 Å². The van der Waals surface area contributed by atoms with E-state index in [1.54, 1.807) is 12.1 Å². The number of nitrogens with one attached hydrogen (secondary N) is 1. The lowest BCUT2D eigenvalue weighted by molar-refractivity contribution is 0.0952. The van der Waals surface area contributed by atoms with Crippen LogP contribution in [0.5, 0.6) is 5.75 Å². The Labute approximate surface area is 169 Å². The van der Waals surface area contributed by atoms with Crippen molar-refractivity contribution < 1.29 is 14.6 Å². The number of morpholine rings is 1. The van der Waals surface area contributed by atoms with Crippen LogP contribution >= 0.6 is 0 Å². The zero-order valence-corrected chi connectivity index (χ0v) is 16.3. The number of fused-ring (bicyclic) bond motifs is 1. The second kappa shape index (κ2) is 8.32. The summed E-state index contributed by atoms with van der Waals surface area (Å²) in [7, 11) is 0.